The summed E-state index contributed by atoms with van der Waals surface area (Å²) >= 11 is 0. The van der Waals surface area contributed by atoms with Crippen molar-refractivity contribution in [2.75, 3.05) is 0 Å². The van der Waals surface area contributed by atoms with Gasteiger partial charge in [0.05, 0.1) is 0 Å². The molecular weight excluding hydrogens is 246 g/mol. The van der Waals surface area contributed by atoms with E-state index in [1.807, 2.05) is 6.07 Å². The van der Waals surface area contributed by atoms with Crippen molar-refractivity contribution >= 4 is 0 Å². The fourth-order valence-electron chi connectivity index (χ4n) is 2.55. The predicted molar refractivity (Wildman–Crippen MR) is 79.0 cm³/mol. The van der Waals surface area contributed by atoms with Crippen molar-refractivity contribution in [1.29, 1.82) is 0 Å². The zero-order chi connectivity index (χ0) is 13.4. The molecule has 0 spiro atoms. The molecule has 20 heavy (non-hydrogen) atoms. The molecule has 0 aliphatic heterocycles. The van der Waals surface area contributed by atoms with E-state index in [1.54, 1.807) is 0 Å². The Hall–Kier alpha value is -1.83. The van der Waals surface area contributed by atoms with Crippen molar-refractivity contribution in [2.24, 2.45) is 0 Å². The zero-order valence-electron chi connectivity index (χ0n) is 11.6. The van der Waals surface area contributed by atoms with Gasteiger partial charge in [0.2, 0.25) is 0 Å². The molecule has 1 heterocycles. The minimum Gasteiger partial charge on any atom is -0.489 e. The fraction of sp³-hybridized carbons (Fsp3) is 0.389. The van der Waals surface area contributed by atoms with Crippen LogP contribution in [0, 0.1) is 0 Å². The fourth-order valence-corrected chi connectivity index (χ4v) is 2.55. The number of pyridine rings is 1. The van der Waals surface area contributed by atoms with E-state index in [0.717, 1.165) is 5.75 Å². The number of ether oxygens (including phenoxy) is 1. The van der Waals surface area contributed by atoms with Crippen LogP contribution < -0.4 is 4.74 Å². The third-order valence-electron chi connectivity index (χ3n) is 4.08. The van der Waals surface area contributed by atoms with Crippen LogP contribution >= 0.6 is 0 Å². The summed E-state index contributed by atoms with van der Waals surface area (Å²) in [6.07, 6.45) is 5.16. The Morgan fingerprint density at radius 2 is 1.50 bits per heavy atom. The van der Waals surface area contributed by atoms with E-state index in [-0.39, 0.29) is 0 Å². The highest BCUT2D eigenvalue weighted by atomic mass is 16.5. The maximum atomic E-state index is 5.99. The Morgan fingerprint density at radius 3 is 2.05 bits per heavy atom. The second-order valence-corrected chi connectivity index (χ2v) is 5.98. The second-order valence-electron chi connectivity index (χ2n) is 5.98. The van der Waals surface area contributed by atoms with Crippen LogP contribution in [0.1, 0.15) is 54.5 Å². The molecule has 1 aromatic carbocycles. The van der Waals surface area contributed by atoms with Crippen molar-refractivity contribution in [3.63, 3.8) is 0 Å². The molecule has 2 aromatic rings. The summed E-state index contributed by atoms with van der Waals surface area (Å²) in [4.78, 5) is 4.83. The normalized spacial score (nSPS) is 18.0. The van der Waals surface area contributed by atoms with E-state index >= 15 is 0 Å². The van der Waals surface area contributed by atoms with Gasteiger partial charge in [-0.2, -0.15) is 0 Å². The summed E-state index contributed by atoms with van der Waals surface area (Å²) in [7, 11) is 0. The van der Waals surface area contributed by atoms with E-state index in [1.165, 1.54) is 42.6 Å². The zero-order valence-corrected chi connectivity index (χ0v) is 11.6. The highest BCUT2D eigenvalue weighted by molar-refractivity contribution is 5.33. The lowest BCUT2D eigenvalue weighted by Crippen LogP contribution is -1.99. The molecule has 2 aliphatic rings. The maximum Gasteiger partial charge on any atom is 0.123 e. The Kier molecular flexibility index (Phi) is 2.95. The quantitative estimate of drug-likeness (QED) is 0.798. The topological polar surface area (TPSA) is 22.1 Å². The molecule has 4 rings (SSSR count). The number of aromatic nitrogens is 1. The first-order valence-electron chi connectivity index (χ1n) is 7.57. The van der Waals surface area contributed by atoms with Crippen molar-refractivity contribution in [3.05, 3.63) is 59.4 Å². The minimum atomic E-state index is 0.638. The third-order valence-corrected chi connectivity index (χ3v) is 4.08. The van der Waals surface area contributed by atoms with E-state index < -0.39 is 0 Å². The van der Waals surface area contributed by atoms with Gasteiger partial charge < -0.3 is 4.74 Å². The summed E-state index contributed by atoms with van der Waals surface area (Å²) in [5.74, 6) is 2.37. The molecule has 2 fully saturated rings. The van der Waals surface area contributed by atoms with Crippen LogP contribution in [0.25, 0.3) is 0 Å². The molecule has 1 aromatic heterocycles. The van der Waals surface area contributed by atoms with Gasteiger partial charge >= 0.3 is 0 Å². The van der Waals surface area contributed by atoms with E-state index in [4.69, 9.17) is 9.72 Å². The van der Waals surface area contributed by atoms with E-state index in [2.05, 4.69) is 36.4 Å². The van der Waals surface area contributed by atoms with Gasteiger partial charge in [-0.1, -0.05) is 30.3 Å². The average Bonchev–Trinajstić information content (AvgIpc) is 3.39. The van der Waals surface area contributed by atoms with Gasteiger partial charge in [-0.05, 0) is 31.2 Å². The summed E-state index contributed by atoms with van der Waals surface area (Å²) < 4.78 is 5.99. The molecule has 2 saturated carbocycles. The Bertz CT molecular complexity index is 570. The highest BCUT2D eigenvalue weighted by Crippen LogP contribution is 2.44. The largest absolute Gasteiger partial charge is 0.489 e. The predicted octanol–water partition coefficient (Wildman–Crippen LogP) is 4.42. The van der Waals surface area contributed by atoms with Crippen LogP contribution in [0.2, 0.25) is 0 Å². The molecule has 0 bridgehead atoms. The maximum absolute atomic E-state index is 5.99. The lowest BCUT2D eigenvalue weighted by atomic mass is 10.2. The monoisotopic (exact) mass is 265 g/mol. The Balaban J connectivity index is 1.54. The SMILES string of the molecule is c1ccc(COc2cc(C3CC3)nc(C3CC3)c2)cc1. The number of hydrogen-bond acceptors (Lipinski definition) is 2. The summed E-state index contributed by atoms with van der Waals surface area (Å²) in [6, 6.07) is 14.6. The Labute approximate surface area is 119 Å². The van der Waals surface area contributed by atoms with Gasteiger partial charge in [0.1, 0.15) is 12.4 Å². The first-order chi connectivity index (χ1) is 9.88. The Morgan fingerprint density at radius 1 is 0.900 bits per heavy atom. The molecule has 102 valence electrons. The van der Waals surface area contributed by atoms with Crippen LogP contribution in [-0.4, -0.2) is 4.98 Å². The summed E-state index contributed by atoms with van der Waals surface area (Å²) in [5, 5.41) is 0. The number of hydrogen-bond donors (Lipinski definition) is 0. The second kappa shape index (κ2) is 4.93. The average molecular weight is 265 g/mol. The standard InChI is InChI=1S/C18H19NO/c1-2-4-13(5-3-1)12-20-16-10-17(14-6-7-14)19-18(11-16)15-8-9-15/h1-5,10-11,14-15H,6-9,12H2. The summed E-state index contributed by atoms with van der Waals surface area (Å²) in [5.41, 5.74) is 3.71. The van der Waals surface area contributed by atoms with Crippen LogP contribution in [-0.2, 0) is 6.61 Å². The number of nitrogens with zero attached hydrogens (tertiary/aromatic N) is 1. The van der Waals surface area contributed by atoms with Crippen molar-refractivity contribution in [2.45, 2.75) is 44.1 Å². The highest BCUT2D eigenvalue weighted by Gasteiger charge is 2.30. The molecule has 0 unspecified atom stereocenters. The van der Waals surface area contributed by atoms with E-state index in [0.29, 0.717) is 18.4 Å². The lowest BCUT2D eigenvalue weighted by molar-refractivity contribution is 0.305. The molecule has 0 atom stereocenters. The number of benzene rings is 1. The van der Waals surface area contributed by atoms with Gasteiger partial charge in [0, 0.05) is 35.4 Å². The van der Waals surface area contributed by atoms with E-state index in [9.17, 15) is 0 Å². The molecule has 2 heteroatoms. The van der Waals surface area contributed by atoms with Crippen LogP contribution in [0.4, 0.5) is 0 Å². The van der Waals surface area contributed by atoms with Crippen LogP contribution in [0.3, 0.4) is 0 Å². The van der Waals surface area contributed by atoms with Crippen molar-refractivity contribution in [3.8, 4) is 5.75 Å². The molecule has 0 radical (unpaired) electrons. The molecular formula is C18H19NO. The van der Waals surface area contributed by atoms with Crippen molar-refractivity contribution in [1.82, 2.24) is 4.98 Å². The first-order valence-corrected chi connectivity index (χ1v) is 7.57. The smallest absolute Gasteiger partial charge is 0.123 e. The van der Waals surface area contributed by atoms with Gasteiger partial charge in [-0.25, -0.2) is 0 Å². The van der Waals surface area contributed by atoms with Gasteiger partial charge in [-0.15, -0.1) is 0 Å². The molecule has 2 nitrogen and oxygen atoms in total. The van der Waals surface area contributed by atoms with Gasteiger partial charge in [0.25, 0.3) is 0 Å². The molecule has 0 amide bonds. The lowest BCUT2D eigenvalue weighted by Gasteiger charge is -2.10. The summed E-state index contributed by atoms with van der Waals surface area (Å²) in [6.45, 7) is 0.638. The first kappa shape index (κ1) is 12.0. The minimum absolute atomic E-state index is 0.638. The van der Waals surface area contributed by atoms with Gasteiger partial charge in [0.15, 0.2) is 0 Å². The van der Waals surface area contributed by atoms with Gasteiger partial charge in [-0.3, -0.25) is 4.98 Å². The molecule has 0 saturated heterocycles. The number of rotatable bonds is 5. The molecule has 2 aliphatic carbocycles. The van der Waals surface area contributed by atoms with Crippen LogP contribution in [0.15, 0.2) is 42.5 Å². The third kappa shape index (κ3) is 2.69. The van der Waals surface area contributed by atoms with Crippen LogP contribution in [0.5, 0.6) is 5.75 Å². The van der Waals surface area contributed by atoms with Crippen molar-refractivity contribution < 1.29 is 4.74 Å². The molecule has 0 N–H and O–H groups in total.